The fourth-order valence-electron chi connectivity index (χ4n) is 2.95. The maximum atomic E-state index is 12.4. The van der Waals surface area contributed by atoms with Crippen LogP contribution in [0.4, 0.5) is 11.6 Å². The van der Waals surface area contributed by atoms with Gasteiger partial charge in [0.05, 0.1) is 0 Å². The van der Waals surface area contributed by atoms with Crippen LogP contribution in [0.25, 0.3) is 0 Å². The SMILES string of the molecule is Cc1ccc(NC(=O)c2ccnc(NC3CCCC3)n2)c(C)c1. The van der Waals surface area contributed by atoms with Crippen LogP contribution in [0, 0.1) is 13.8 Å². The van der Waals surface area contributed by atoms with Gasteiger partial charge < -0.3 is 10.6 Å². The van der Waals surface area contributed by atoms with Crippen molar-refractivity contribution in [2.75, 3.05) is 10.6 Å². The number of aromatic nitrogens is 2. The van der Waals surface area contributed by atoms with E-state index < -0.39 is 0 Å². The summed E-state index contributed by atoms with van der Waals surface area (Å²) >= 11 is 0. The largest absolute Gasteiger partial charge is 0.351 e. The maximum Gasteiger partial charge on any atom is 0.274 e. The first kappa shape index (κ1) is 15.5. The molecule has 0 aliphatic heterocycles. The van der Waals surface area contributed by atoms with Crippen LogP contribution in [0.5, 0.6) is 0 Å². The van der Waals surface area contributed by atoms with E-state index in [1.807, 2.05) is 32.0 Å². The Balaban J connectivity index is 1.71. The molecule has 23 heavy (non-hydrogen) atoms. The molecule has 2 aromatic rings. The molecule has 1 aliphatic rings. The normalized spacial score (nSPS) is 14.7. The first-order valence-corrected chi connectivity index (χ1v) is 8.10. The summed E-state index contributed by atoms with van der Waals surface area (Å²) in [6.45, 7) is 4.01. The number of anilines is 2. The van der Waals surface area contributed by atoms with Crippen molar-refractivity contribution in [1.29, 1.82) is 0 Å². The molecule has 0 bridgehead atoms. The van der Waals surface area contributed by atoms with E-state index in [0.29, 0.717) is 17.7 Å². The summed E-state index contributed by atoms with van der Waals surface area (Å²) in [5, 5.41) is 6.23. The lowest BCUT2D eigenvalue weighted by molar-refractivity contribution is 0.102. The van der Waals surface area contributed by atoms with Crippen LogP contribution in [0.15, 0.2) is 30.5 Å². The monoisotopic (exact) mass is 310 g/mol. The summed E-state index contributed by atoms with van der Waals surface area (Å²) in [4.78, 5) is 21.0. The van der Waals surface area contributed by atoms with E-state index in [4.69, 9.17) is 0 Å². The summed E-state index contributed by atoms with van der Waals surface area (Å²) < 4.78 is 0. The number of rotatable bonds is 4. The van der Waals surface area contributed by atoms with Gasteiger partial charge in [0, 0.05) is 17.9 Å². The number of hydrogen-bond donors (Lipinski definition) is 2. The van der Waals surface area contributed by atoms with Crippen LogP contribution in [0.2, 0.25) is 0 Å². The Morgan fingerprint density at radius 2 is 1.96 bits per heavy atom. The van der Waals surface area contributed by atoms with Crippen molar-refractivity contribution in [2.45, 2.75) is 45.6 Å². The van der Waals surface area contributed by atoms with Crippen LogP contribution >= 0.6 is 0 Å². The molecule has 5 nitrogen and oxygen atoms in total. The highest BCUT2D eigenvalue weighted by Crippen LogP contribution is 2.21. The lowest BCUT2D eigenvalue weighted by atomic mass is 10.1. The van der Waals surface area contributed by atoms with Gasteiger partial charge in [0.25, 0.3) is 5.91 Å². The quantitative estimate of drug-likeness (QED) is 0.903. The van der Waals surface area contributed by atoms with Crippen molar-refractivity contribution in [2.24, 2.45) is 0 Å². The fourth-order valence-corrected chi connectivity index (χ4v) is 2.95. The summed E-state index contributed by atoms with van der Waals surface area (Å²) in [6, 6.07) is 8.01. The Hall–Kier alpha value is -2.43. The summed E-state index contributed by atoms with van der Waals surface area (Å²) in [5.41, 5.74) is 3.40. The van der Waals surface area contributed by atoms with E-state index in [2.05, 4.69) is 20.6 Å². The molecule has 120 valence electrons. The first-order valence-electron chi connectivity index (χ1n) is 8.10. The smallest absolute Gasteiger partial charge is 0.274 e. The number of benzene rings is 1. The zero-order valence-electron chi connectivity index (χ0n) is 13.6. The van der Waals surface area contributed by atoms with Crippen molar-refractivity contribution in [1.82, 2.24) is 9.97 Å². The van der Waals surface area contributed by atoms with Crippen LogP contribution in [-0.2, 0) is 0 Å². The molecule has 1 aromatic heterocycles. The van der Waals surface area contributed by atoms with Crippen molar-refractivity contribution in [3.05, 3.63) is 47.3 Å². The van der Waals surface area contributed by atoms with Gasteiger partial charge in [-0.2, -0.15) is 0 Å². The van der Waals surface area contributed by atoms with Gasteiger partial charge in [-0.05, 0) is 44.4 Å². The molecule has 1 saturated carbocycles. The minimum Gasteiger partial charge on any atom is -0.351 e. The van der Waals surface area contributed by atoms with Crippen LogP contribution in [0.3, 0.4) is 0 Å². The zero-order valence-corrected chi connectivity index (χ0v) is 13.6. The standard InChI is InChI=1S/C18H22N4O/c1-12-7-8-15(13(2)11-12)21-17(23)16-9-10-19-18(22-16)20-14-5-3-4-6-14/h7-11,14H,3-6H2,1-2H3,(H,21,23)(H,19,20,22). The van der Waals surface area contributed by atoms with Gasteiger partial charge in [-0.1, -0.05) is 30.5 Å². The van der Waals surface area contributed by atoms with Crippen molar-refractivity contribution < 1.29 is 4.79 Å². The lowest BCUT2D eigenvalue weighted by Gasteiger charge is -2.12. The third-order valence-electron chi connectivity index (χ3n) is 4.21. The predicted molar refractivity (Wildman–Crippen MR) is 91.8 cm³/mol. The highest BCUT2D eigenvalue weighted by molar-refractivity contribution is 6.03. The molecule has 0 spiro atoms. The minimum atomic E-state index is -0.214. The maximum absolute atomic E-state index is 12.4. The molecular weight excluding hydrogens is 288 g/mol. The molecule has 0 atom stereocenters. The summed E-state index contributed by atoms with van der Waals surface area (Å²) in [7, 11) is 0. The molecule has 0 saturated heterocycles. The molecule has 2 N–H and O–H groups in total. The summed E-state index contributed by atoms with van der Waals surface area (Å²) in [5.74, 6) is 0.319. The van der Waals surface area contributed by atoms with Crippen molar-refractivity contribution in [3.63, 3.8) is 0 Å². The zero-order chi connectivity index (χ0) is 16.2. The molecule has 1 aliphatic carbocycles. The minimum absolute atomic E-state index is 0.214. The summed E-state index contributed by atoms with van der Waals surface area (Å²) in [6.07, 6.45) is 6.39. The van der Waals surface area contributed by atoms with Gasteiger partial charge in [-0.3, -0.25) is 4.79 Å². The van der Waals surface area contributed by atoms with E-state index in [9.17, 15) is 4.79 Å². The second-order valence-corrected chi connectivity index (χ2v) is 6.16. The molecule has 0 radical (unpaired) electrons. The average Bonchev–Trinajstić information content (AvgIpc) is 3.03. The number of hydrogen-bond acceptors (Lipinski definition) is 4. The van der Waals surface area contributed by atoms with Crippen LogP contribution in [-0.4, -0.2) is 21.9 Å². The molecule has 1 amide bonds. The highest BCUT2D eigenvalue weighted by atomic mass is 16.1. The first-order chi connectivity index (χ1) is 11.1. The lowest BCUT2D eigenvalue weighted by Crippen LogP contribution is -2.19. The molecule has 5 heteroatoms. The fraction of sp³-hybridized carbons (Fsp3) is 0.389. The van der Waals surface area contributed by atoms with Crippen molar-refractivity contribution >= 4 is 17.5 Å². The second-order valence-electron chi connectivity index (χ2n) is 6.16. The molecule has 1 fully saturated rings. The Bertz CT molecular complexity index is 708. The molecule has 1 heterocycles. The average molecular weight is 310 g/mol. The third-order valence-corrected chi connectivity index (χ3v) is 4.21. The molecule has 1 aromatic carbocycles. The van der Waals surface area contributed by atoms with E-state index in [1.54, 1.807) is 12.3 Å². The van der Waals surface area contributed by atoms with Gasteiger partial charge in [-0.25, -0.2) is 9.97 Å². The Kier molecular flexibility index (Phi) is 4.55. The highest BCUT2D eigenvalue weighted by Gasteiger charge is 2.16. The number of nitrogens with zero attached hydrogens (tertiary/aromatic N) is 2. The predicted octanol–water partition coefficient (Wildman–Crippen LogP) is 3.70. The van der Waals surface area contributed by atoms with Gasteiger partial charge in [0.2, 0.25) is 5.95 Å². The van der Waals surface area contributed by atoms with Gasteiger partial charge in [-0.15, -0.1) is 0 Å². The Labute approximate surface area is 136 Å². The number of carbonyl (C=O) groups is 1. The van der Waals surface area contributed by atoms with E-state index in [0.717, 1.165) is 24.1 Å². The topological polar surface area (TPSA) is 66.9 Å². The number of amides is 1. The Morgan fingerprint density at radius 1 is 1.17 bits per heavy atom. The number of aryl methyl sites for hydroxylation is 2. The number of carbonyl (C=O) groups excluding carboxylic acids is 1. The number of nitrogens with one attached hydrogen (secondary N) is 2. The van der Waals surface area contributed by atoms with Gasteiger partial charge in [0.1, 0.15) is 5.69 Å². The molecule has 3 rings (SSSR count). The van der Waals surface area contributed by atoms with Crippen LogP contribution < -0.4 is 10.6 Å². The van der Waals surface area contributed by atoms with E-state index >= 15 is 0 Å². The van der Waals surface area contributed by atoms with E-state index in [-0.39, 0.29) is 5.91 Å². The third kappa shape index (κ3) is 3.86. The van der Waals surface area contributed by atoms with Gasteiger partial charge in [0.15, 0.2) is 0 Å². The van der Waals surface area contributed by atoms with Crippen LogP contribution in [0.1, 0.15) is 47.3 Å². The van der Waals surface area contributed by atoms with E-state index in [1.165, 1.54) is 18.4 Å². The Morgan fingerprint density at radius 3 is 2.70 bits per heavy atom. The van der Waals surface area contributed by atoms with Gasteiger partial charge >= 0.3 is 0 Å². The van der Waals surface area contributed by atoms with Crippen molar-refractivity contribution in [3.8, 4) is 0 Å². The molecular formula is C18H22N4O. The molecule has 0 unspecified atom stereocenters. The second kappa shape index (κ2) is 6.77.